The fraction of sp³-hybridized carbons (Fsp3) is 0.368. The first-order valence-corrected chi connectivity index (χ1v) is 8.62. The number of aromatic nitrogens is 3. The van der Waals surface area contributed by atoms with E-state index in [1.54, 1.807) is 0 Å². The van der Waals surface area contributed by atoms with Crippen molar-refractivity contribution in [1.29, 1.82) is 0 Å². The molecule has 0 spiro atoms. The van der Waals surface area contributed by atoms with Crippen molar-refractivity contribution in [1.82, 2.24) is 24.8 Å². The van der Waals surface area contributed by atoms with Crippen LogP contribution in [0.15, 0.2) is 42.6 Å². The molecule has 0 unspecified atom stereocenters. The molecule has 1 aromatic carbocycles. The molecule has 5 nitrogen and oxygen atoms in total. The SMILES string of the molecule is Cc1ccc(-c2nc3cccnc3n2CCN2CCNCC2)cc1. The van der Waals surface area contributed by atoms with Gasteiger partial charge in [-0.1, -0.05) is 29.8 Å². The summed E-state index contributed by atoms with van der Waals surface area (Å²) in [4.78, 5) is 11.9. The van der Waals surface area contributed by atoms with Crippen molar-refractivity contribution in [3.63, 3.8) is 0 Å². The van der Waals surface area contributed by atoms with Crippen LogP contribution < -0.4 is 5.32 Å². The summed E-state index contributed by atoms with van der Waals surface area (Å²) in [5, 5.41) is 3.41. The summed E-state index contributed by atoms with van der Waals surface area (Å²) in [5.41, 5.74) is 4.36. The Hall–Kier alpha value is -2.24. The zero-order valence-electron chi connectivity index (χ0n) is 14.1. The Balaban J connectivity index is 1.68. The summed E-state index contributed by atoms with van der Waals surface area (Å²) in [6.45, 7) is 8.43. The molecule has 124 valence electrons. The van der Waals surface area contributed by atoms with Gasteiger partial charge in [-0.05, 0) is 19.1 Å². The van der Waals surface area contributed by atoms with E-state index in [0.717, 1.165) is 61.8 Å². The minimum Gasteiger partial charge on any atom is -0.314 e. The minimum atomic E-state index is 0.913. The fourth-order valence-electron chi connectivity index (χ4n) is 3.27. The molecular weight excluding hydrogens is 298 g/mol. The van der Waals surface area contributed by atoms with Crippen molar-refractivity contribution >= 4 is 11.2 Å². The molecule has 4 rings (SSSR count). The van der Waals surface area contributed by atoms with E-state index in [2.05, 4.69) is 51.0 Å². The third-order valence-electron chi connectivity index (χ3n) is 4.66. The maximum absolute atomic E-state index is 4.85. The van der Waals surface area contributed by atoms with Gasteiger partial charge in [0.05, 0.1) is 0 Å². The summed E-state index contributed by atoms with van der Waals surface area (Å²) in [6, 6.07) is 12.6. The van der Waals surface area contributed by atoms with Crippen molar-refractivity contribution in [3.8, 4) is 11.4 Å². The van der Waals surface area contributed by atoms with Crippen LogP contribution in [0.5, 0.6) is 0 Å². The number of imidazole rings is 1. The summed E-state index contributed by atoms with van der Waals surface area (Å²) in [6.07, 6.45) is 1.85. The predicted octanol–water partition coefficient (Wildman–Crippen LogP) is 2.31. The lowest BCUT2D eigenvalue weighted by Crippen LogP contribution is -2.44. The molecule has 1 N–H and O–H groups in total. The second kappa shape index (κ2) is 6.71. The number of hydrogen-bond acceptors (Lipinski definition) is 4. The number of piperazine rings is 1. The Morgan fingerprint density at radius 3 is 2.62 bits per heavy atom. The van der Waals surface area contributed by atoms with Crippen LogP contribution in [-0.4, -0.2) is 52.2 Å². The molecule has 5 heteroatoms. The van der Waals surface area contributed by atoms with Crippen LogP contribution >= 0.6 is 0 Å². The smallest absolute Gasteiger partial charge is 0.160 e. The first kappa shape index (κ1) is 15.3. The van der Waals surface area contributed by atoms with E-state index in [0.29, 0.717) is 0 Å². The first-order valence-electron chi connectivity index (χ1n) is 8.62. The standard InChI is InChI=1S/C19H23N5/c1-15-4-6-16(7-5-15)18-22-17-3-2-8-21-19(17)24(18)14-13-23-11-9-20-10-12-23/h2-8,20H,9-14H2,1H3. The van der Waals surface area contributed by atoms with Gasteiger partial charge in [0.15, 0.2) is 5.65 Å². The molecule has 1 aliphatic rings. The number of rotatable bonds is 4. The Bertz CT molecular complexity index is 815. The van der Waals surface area contributed by atoms with Crippen LogP contribution in [0.25, 0.3) is 22.6 Å². The molecule has 24 heavy (non-hydrogen) atoms. The Labute approximate surface area is 142 Å². The highest BCUT2D eigenvalue weighted by atomic mass is 15.2. The van der Waals surface area contributed by atoms with E-state index in [4.69, 9.17) is 4.98 Å². The van der Waals surface area contributed by atoms with Gasteiger partial charge in [-0.2, -0.15) is 0 Å². The number of nitrogens with zero attached hydrogens (tertiary/aromatic N) is 4. The van der Waals surface area contributed by atoms with Gasteiger partial charge in [0.25, 0.3) is 0 Å². The Morgan fingerprint density at radius 2 is 1.83 bits per heavy atom. The van der Waals surface area contributed by atoms with Gasteiger partial charge in [-0.3, -0.25) is 4.90 Å². The molecule has 0 aliphatic carbocycles. The maximum Gasteiger partial charge on any atom is 0.160 e. The topological polar surface area (TPSA) is 46.0 Å². The van der Waals surface area contributed by atoms with Crippen molar-refractivity contribution in [2.75, 3.05) is 32.7 Å². The molecule has 0 radical (unpaired) electrons. The summed E-state index contributed by atoms with van der Waals surface area (Å²) in [5.74, 6) is 1.01. The zero-order chi connectivity index (χ0) is 16.4. The molecule has 0 saturated carbocycles. The van der Waals surface area contributed by atoms with E-state index in [-0.39, 0.29) is 0 Å². The number of fused-ring (bicyclic) bond motifs is 1. The monoisotopic (exact) mass is 321 g/mol. The third-order valence-corrected chi connectivity index (χ3v) is 4.66. The molecule has 0 atom stereocenters. The normalized spacial score (nSPS) is 15.9. The van der Waals surface area contributed by atoms with Gasteiger partial charge in [-0.25, -0.2) is 9.97 Å². The van der Waals surface area contributed by atoms with Crippen LogP contribution in [0.2, 0.25) is 0 Å². The minimum absolute atomic E-state index is 0.913. The van der Waals surface area contributed by atoms with Crippen LogP contribution in [-0.2, 0) is 6.54 Å². The quantitative estimate of drug-likeness (QED) is 0.801. The zero-order valence-corrected chi connectivity index (χ0v) is 14.1. The number of benzene rings is 1. The van der Waals surface area contributed by atoms with Gasteiger partial charge in [0.2, 0.25) is 0 Å². The predicted molar refractivity (Wildman–Crippen MR) is 97.0 cm³/mol. The Kier molecular flexibility index (Phi) is 4.28. The first-order chi connectivity index (χ1) is 11.8. The van der Waals surface area contributed by atoms with Crippen LogP contribution in [0.3, 0.4) is 0 Å². The number of hydrogen-bond donors (Lipinski definition) is 1. The summed E-state index contributed by atoms with van der Waals surface area (Å²) in [7, 11) is 0. The second-order valence-electron chi connectivity index (χ2n) is 6.39. The average Bonchev–Trinajstić information content (AvgIpc) is 3.00. The molecule has 3 aromatic rings. The summed E-state index contributed by atoms with van der Waals surface area (Å²) < 4.78 is 2.27. The van der Waals surface area contributed by atoms with Gasteiger partial charge < -0.3 is 9.88 Å². The maximum atomic E-state index is 4.85. The van der Waals surface area contributed by atoms with Gasteiger partial charge in [-0.15, -0.1) is 0 Å². The molecule has 2 aromatic heterocycles. The molecule has 1 saturated heterocycles. The fourth-order valence-corrected chi connectivity index (χ4v) is 3.27. The van der Waals surface area contributed by atoms with Crippen LogP contribution in [0.1, 0.15) is 5.56 Å². The largest absolute Gasteiger partial charge is 0.314 e. The van der Waals surface area contributed by atoms with E-state index in [1.807, 2.05) is 18.3 Å². The highest BCUT2D eigenvalue weighted by molar-refractivity contribution is 5.77. The van der Waals surface area contributed by atoms with Gasteiger partial charge in [0.1, 0.15) is 11.3 Å². The highest BCUT2D eigenvalue weighted by Crippen LogP contribution is 2.24. The molecule has 1 aliphatic heterocycles. The van der Waals surface area contributed by atoms with Crippen molar-refractivity contribution in [3.05, 3.63) is 48.2 Å². The van der Waals surface area contributed by atoms with Crippen LogP contribution in [0, 0.1) is 6.92 Å². The molecular formula is C19H23N5. The van der Waals surface area contributed by atoms with Gasteiger partial charge >= 0.3 is 0 Å². The average molecular weight is 321 g/mol. The molecule has 1 fully saturated rings. The summed E-state index contributed by atoms with van der Waals surface area (Å²) >= 11 is 0. The molecule has 3 heterocycles. The van der Waals surface area contributed by atoms with Crippen LogP contribution in [0.4, 0.5) is 0 Å². The Morgan fingerprint density at radius 1 is 1.04 bits per heavy atom. The van der Waals surface area contributed by atoms with Crippen molar-refractivity contribution in [2.24, 2.45) is 0 Å². The van der Waals surface area contributed by atoms with E-state index < -0.39 is 0 Å². The second-order valence-corrected chi connectivity index (χ2v) is 6.39. The van der Waals surface area contributed by atoms with E-state index >= 15 is 0 Å². The highest BCUT2D eigenvalue weighted by Gasteiger charge is 2.15. The lowest BCUT2D eigenvalue weighted by molar-refractivity contribution is 0.233. The van der Waals surface area contributed by atoms with E-state index in [1.165, 1.54) is 5.56 Å². The van der Waals surface area contributed by atoms with E-state index in [9.17, 15) is 0 Å². The lowest BCUT2D eigenvalue weighted by atomic mass is 10.1. The number of nitrogens with one attached hydrogen (secondary N) is 1. The number of pyridine rings is 1. The van der Waals surface area contributed by atoms with Crippen molar-refractivity contribution in [2.45, 2.75) is 13.5 Å². The molecule has 0 amide bonds. The number of aryl methyl sites for hydroxylation is 1. The lowest BCUT2D eigenvalue weighted by Gasteiger charge is -2.27. The van der Waals surface area contributed by atoms with Gasteiger partial charge in [0, 0.05) is 51.0 Å². The molecule has 0 bridgehead atoms. The van der Waals surface area contributed by atoms with Crippen molar-refractivity contribution < 1.29 is 0 Å². The third kappa shape index (κ3) is 3.05.